The van der Waals surface area contributed by atoms with Crippen molar-refractivity contribution < 1.29 is 0 Å². The van der Waals surface area contributed by atoms with Crippen LogP contribution in [0.25, 0.3) is 0 Å². The lowest BCUT2D eigenvalue weighted by atomic mass is 10.1. The van der Waals surface area contributed by atoms with E-state index < -0.39 is 0 Å². The van der Waals surface area contributed by atoms with Gasteiger partial charge in [0.15, 0.2) is 0 Å². The molecule has 1 aromatic heterocycles. The maximum absolute atomic E-state index is 6.00. The van der Waals surface area contributed by atoms with Crippen molar-refractivity contribution in [3.8, 4) is 0 Å². The summed E-state index contributed by atoms with van der Waals surface area (Å²) in [6.07, 6.45) is 1.21. The van der Waals surface area contributed by atoms with Crippen LogP contribution in [0.15, 0.2) is 15.9 Å². The zero-order valence-corrected chi connectivity index (χ0v) is 13.5. The number of nitrogens with zero attached hydrogens (tertiary/aromatic N) is 2. The van der Waals surface area contributed by atoms with Crippen molar-refractivity contribution in [2.24, 2.45) is 5.73 Å². The predicted molar refractivity (Wildman–Crippen MR) is 82.1 cm³/mol. The fourth-order valence-corrected chi connectivity index (χ4v) is 4.23. The number of piperazine rings is 1. The lowest BCUT2D eigenvalue weighted by Crippen LogP contribution is -2.52. The molecule has 1 aromatic rings. The van der Waals surface area contributed by atoms with Crippen LogP contribution in [0.4, 0.5) is 0 Å². The number of rotatable bonds is 4. The zero-order valence-electron chi connectivity index (χ0n) is 11.1. The van der Waals surface area contributed by atoms with Crippen LogP contribution in [0, 0.1) is 0 Å². The maximum atomic E-state index is 6.00. The third-order valence-electron chi connectivity index (χ3n) is 3.86. The van der Waals surface area contributed by atoms with Gasteiger partial charge in [-0.25, -0.2) is 0 Å². The Balaban J connectivity index is 2.09. The van der Waals surface area contributed by atoms with E-state index in [0.717, 1.165) is 19.6 Å². The Bertz CT molecular complexity index is 382. The largest absolute Gasteiger partial charge is 0.329 e. The normalized spacial score (nSPS) is 24.3. The molecule has 0 aromatic carbocycles. The first-order valence-electron chi connectivity index (χ1n) is 6.54. The van der Waals surface area contributed by atoms with Crippen molar-refractivity contribution in [3.63, 3.8) is 0 Å². The van der Waals surface area contributed by atoms with Gasteiger partial charge in [0.25, 0.3) is 0 Å². The Morgan fingerprint density at radius 2 is 2.33 bits per heavy atom. The minimum Gasteiger partial charge on any atom is -0.329 e. The van der Waals surface area contributed by atoms with E-state index in [0.29, 0.717) is 18.6 Å². The molecular weight excluding hydrogens is 310 g/mol. The molecule has 1 saturated heterocycles. The first kappa shape index (κ1) is 14.5. The number of hydrogen-bond acceptors (Lipinski definition) is 4. The van der Waals surface area contributed by atoms with E-state index in [1.807, 2.05) is 0 Å². The van der Waals surface area contributed by atoms with Gasteiger partial charge in [0, 0.05) is 47.0 Å². The van der Waals surface area contributed by atoms with Gasteiger partial charge in [-0.15, -0.1) is 11.3 Å². The summed E-state index contributed by atoms with van der Waals surface area (Å²) in [5.41, 5.74) is 6.00. The highest BCUT2D eigenvalue weighted by Crippen LogP contribution is 2.30. The van der Waals surface area contributed by atoms with E-state index in [4.69, 9.17) is 5.73 Å². The van der Waals surface area contributed by atoms with Crippen molar-refractivity contribution in [1.29, 1.82) is 0 Å². The molecule has 2 atom stereocenters. The molecule has 2 N–H and O–H groups in total. The molecule has 2 heterocycles. The summed E-state index contributed by atoms with van der Waals surface area (Å²) in [6.45, 7) is 6.35. The highest BCUT2D eigenvalue weighted by Gasteiger charge is 2.28. The summed E-state index contributed by atoms with van der Waals surface area (Å²) in [5.74, 6) is 0. The third kappa shape index (κ3) is 3.14. The van der Waals surface area contributed by atoms with Crippen LogP contribution < -0.4 is 5.73 Å². The van der Waals surface area contributed by atoms with Gasteiger partial charge in [0.05, 0.1) is 6.04 Å². The molecule has 0 saturated carbocycles. The number of nitrogens with two attached hydrogens (primary N) is 1. The average Bonchev–Trinajstić information content (AvgIpc) is 2.79. The molecule has 0 spiro atoms. The Morgan fingerprint density at radius 3 is 2.89 bits per heavy atom. The maximum Gasteiger partial charge on any atom is 0.0565 e. The monoisotopic (exact) mass is 331 g/mol. The van der Waals surface area contributed by atoms with Crippen LogP contribution in [-0.4, -0.2) is 49.1 Å². The van der Waals surface area contributed by atoms with Gasteiger partial charge in [-0.2, -0.15) is 0 Å². The zero-order chi connectivity index (χ0) is 13.1. The quantitative estimate of drug-likeness (QED) is 0.920. The summed E-state index contributed by atoms with van der Waals surface area (Å²) < 4.78 is 1.17. The molecule has 2 unspecified atom stereocenters. The standard InChI is InChI=1S/C13H22BrN3S/c1-3-11-8-17(5-4-16(11)2)12(7-15)13-6-10(14)9-18-13/h6,9,11-12H,3-5,7-8,15H2,1-2H3. The second-order valence-electron chi connectivity index (χ2n) is 4.96. The molecule has 1 aliphatic heterocycles. The van der Waals surface area contributed by atoms with Crippen molar-refractivity contribution in [2.75, 3.05) is 33.2 Å². The van der Waals surface area contributed by atoms with Gasteiger partial charge >= 0.3 is 0 Å². The lowest BCUT2D eigenvalue weighted by molar-refractivity contribution is 0.0654. The summed E-state index contributed by atoms with van der Waals surface area (Å²) in [6, 6.07) is 3.25. The number of hydrogen-bond donors (Lipinski definition) is 1. The number of thiophene rings is 1. The van der Waals surface area contributed by atoms with Gasteiger partial charge < -0.3 is 10.6 Å². The summed E-state index contributed by atoms with van der Waals surface area (Å²) in [5, 5.41) is 2.14. The SMILES string of the molecule is CCC1CN(C(CN)c2cc(Br)cs2)CCN1C. The summed E-state index contributed by atoms with van der Waals surface area (Å²) >= 11 is 5.33. The van der Waals surface area contributed by atoms with E-state index in [1.54, 1.807) is 11.3 Å². The van der Waals surface area contributed by atoms with Gasteiger partial charge in [-0.05, 0) is 35.5 Å². The van der Waals surface area contributed by atoms with Gasteiger partial charge in [0.1, 0.15) is 0 Å². The molecule has 102 valence electrons. The Labute approximate surface area is 122 Å². The first-order chi connectivity index (χ1) is 8.65. The smallest absolute Gasteiger partial charge is 0.0565 e. The lowest BCUT2D eigenvalue weighted by Gasteiger charge is -2.42. The third-order valence-corrected chi connectivity index (χ3v) is 5.65. The van der Waals surface area contributed by atoms with Crippen LogP contribution in [0.1, 0.15) is 24.3 Å². The van der Waals surface area contributed by atoms with Crippen LogP contribution in [0.3, 0.4) is 0 Å². The minimum absolute atomic E-state index is 0.379. The first-order valence-corrected chi connectivity index (χ1v) is 8.21. The topological polar surface area (TPSA) is 32.5 Å². The average molecular weight is 332 g/mol. The molecule has 3 nitrogen and oxygen atoms in total. The van der Waals surface area contributed by atoms with Crippen LogP contribution in [0.5, 0.6) is 0 Å². The molecule has 2 rings (SSSR count). The van der Waals surface area contributed by atoms with E-state index in [1.165, 1.54) is 15.8 Å². The summed E-state index contributed by atoms with van der Waals surface area (Å²) in [7, 11) is 2.23. The van der Waals surface area contributed by atoms with Gasteiger partial charge in [-0.3, -0.25) is 4.90 Å². The molecule has 18 heavy (non-hydrogen) atoms. The Hall–Kier alpha value is 0.0600. The second kappa shape index (κ2) is 6.48. The van der Waals surface area contributed by atoms with Gasteiger partial charge in [0.2, 0.25) is 0 Å². The van der Waals surface area contributed by atoms with E-state index in [-0.39, 0.29) is 0 Å². The molecule has 0 aliphatic carbocycles. The molecule has 1 aliphatic rings. The van der Waals surface area contributed by atoms with E-state index >= 15 is 0 Å². The van der Waals surface area contributed by atoms with E-state index in [9.17, 15) is 0 Å². The highest BCUT2D eigenvalue weighted by atomic mass is 79.9. The second-order valence-corrected chi connectivity index (χ2v) is 6.81. The summed E-state index contributed by atoms with van der Waals surface area (Å²) in [4.78, 5) is 6.39. The fraction of sp³-hybridized carbons (Fsp3) is 0.692. The number of likely N-dealkylation sites (N-methyl/N-ethyl adjacent to an activating group) is 1. The van der Waals surface area contributed by atoms with Crippen LogP contribution in [0.2, 0.25) is 0 Å². The van der Waals surface area contributed by atoms with Gasteiger partial charge in [-0.1, -0.05) is 6.92 Å². The molecule has 5 heteroatoms. The number of halogens is 1. The van der Waals surface area contributed by atoms with Crippen molar-refractivity contribution in [2.45, 2.75) is 25.4 Å². The van der Waals surface area contributed by atoms with Crippen LogP contribution >= 0.6 is 27.3 Å². The molecule has 0 bridgehead atoms. The Kier molecular flexibility index (Phi) is 5.21. The molecule has 0 amide bonds. The van der Waals surface area contributed by atoms with Crippen molar-refractivity contribution >= 4 is 27.3 Å². The molecular formula is C13H22BrN3S. The predicted octanol–water partition coefficient (Wildman–Crippen LogP) is 2.54. The molecule has 0 radical (unpaired) electrons. The molecule has 1 fully saturated rings. The highest BCUT2D eigenvalue weighted by molar-refractivity contribution is 9.10. The minimum atomic E-state index is 0.379. The van der Waals surface area contributed by atoms with E-state index in [2.05, 4.69) is 51.1 Å². The fourth-order valence-electron chi connectivity index (χ4n) is 2.64. The van der Waals surface area contributed by atoms with Crippen molar-refractivity contribution in [3.05, 3.63) is 20.8 Å². The Morgan fingerprint density at radius 1 is 1.56 bits per heavy atom. The van der Waals surface area contributed by atoms with Crippen LogP contribution in [-0.2, 0) is 0 Å². The van der Waals surface area contributed by atoms with Crippen molar-refractivity contribution in [1.82, 2.24) is 9.80 Å².